The molecule has 0 aliphatic carbocycles. The third-order valence-electron chi connectivity index (χ3n) is 4.15. The van der Waals surface area contributed by atoms with E-state index < -0.39 is 36.1 Å². The molecule has 2 unspecified atom stereocenters. The minimum absolute atomic E-state index is 0.0181. The van der Waals surface area contributed by atoms with Gasteiger partial charge in [-0.15, -0.1) is 0 Å². The predicted octanol–water partition coefficient (Wildman–Crippen LogP) is 4.42. The van der Waals surface area contributed by atoms with Crippen LogP contribution in [0.4, 0.5) is 17.6 Å². The Kier molecular flexibility index (Phi) is 4.56. The van der Waals surface area contributed by atoms with Crippen molar-refractivity contribution in [1.29, 1.82) is 0 Å². The molecule has 9 heteroatoms. The highest BCUT2D eigenvalue weighted by Crippen LogP contribution is 2.41. The van der Waals surface area contributed by atoms with E-state index in [2.05, 4.69) is 14.7 Å². The molecule has 0 amide bonds. The number of ether oxygens (including phenoxy) is 1. The Morgan fingerprint density at radius 1 is 1.23 bits per heavy atom. The number of nitrogens with two attached hydrogens (primary N) is 1. The topological polar surface area (TPSA) is 60.5 Å². The highest BCUT2D eigenvalue weighted by molar-refractivity contribution is 6.30. The summed E-state index contributed by atoms with van der Waals surface area (Å²) in [7, 11) is 0. The summed E-state index contributed by atoms with van der Waals surface area (Å²) in [6, 6.07) is 5.08. The van der Waals surface area contributed by atoms with Gasteiger partial charge in [-0.25, -0.2) is 9.38 Å². The van der Waals surface area contributed by atoms with Gasteiger partial charge >= 0.3 is 6.18 Å². The number of rotatable bonds is 2. The number of nitrogens with zero attached hydrogens (tertiary/aromatic N) is 2. The second-order valence-electron chi connectivity index (χ2n) is 6.16. The van der Waals surface area contributed by atoms with Gasteiger partial charge in [-0.1, -0.05) is 17.7 Å². The predicted molar refractivity (Wildman–Crippen MR) is 89.2 cm³/mol. The number of aliphatic imine (C=N–C) groups is 1. The van der Waals surface area contributed by atoms with Crippen molar-refractivity contribution in [2.24, 2.45) is 10.7 Å². The lowest BCUT2D eigenvalue weighted by Gasteiger charge is -2.36. The molecule has 2 atom stereocenters. The maximum atomic E-state index is 14.5. The second-order valence-corrected chi connectivity index (χ2v) is 6.60. The van der Waals surface area contributed by atoms with Crippen molar-refractivity contribution < 1.29 is 22.3 Å². The molecule has 1 aromatic carbocycles. The van der Waals surface area contributed by atoms with E-state index >= 15 is 0 Å². The molecule has 2 heterocycles. The molecule has 0 spiro atoms. The van der Waals surface area contributed by atoms with E-state index in [1.54, 1.807) is 6.07 Å². The van der Waals surface area contributed by atoms with E-state index in [9.17, 15) is 17.6 Å². The monoisotopic (exact) mass is 387 g/mol. The van der Waals surface area contributed by atoms with Crippen molar-refractivity contribution in [3.8, 4) is 11.1 Å². The molecular weight excluding hydrogens is 374 g/mol. The zero-order valence-electron chi connectivity index (χ0n) is 13.5. The summed E-state index contributed by atoms with van der Waals surface area (Å²) in [5.74, 6) is -0.689. The number of alkyl halides is 3. The van der Waals surface area contributed by atoms with Crippen LogP contribution in [0, 0.1) is 5.82 Å². The van der Waals surface area contributed by atoms with Crippen LogP contribution in [0.5, 0.6) is 0 Å². The smallest absolute Gasteiger partial charge is 0.425 e. The van der Waals surface area contributed by atoms with Crippen molar-refractivity contribution >= 4 is 17.6 Å². The van der Waals surface area contributed by atoms with Crippen LogP contribution >= 0.6 is 11.6 Å². The van der Waals surface area contributed by atoms with E-state index in [1.165, 1.54) is 37.5 Å². The molecule has 0 saturated carbocycles. The van der Waals surface area contributed by atoms with Crippen molar-refractivity contribution in [3.63, 3.8) is 0 Å². The average Bonchev–Trinajstić information content (AvgIpc) is 2.53. The molecule has 2 aromatic rings. The van der Waals surface area contributed by atoms with Crippen LogP contribution in [0.15, 0.2) is 41.7 Å². The number of aromatic nitrogens is 1. The Morgan fingerprint density at radius 3 is 2.62 bits per heavy atom. The summed E-state index contributed by atoms with van der Waals surface area (Å²) in [5, 5.41) is 0.380. The quantitative estimate of drug-likeness (QED) is 0.776. The van der Waals surface area contributed by atoms with Crippen LogP contribution in [0.1, 0.15) is 18.9 Å². The molecule has 1 aliphatic rings. The SMILES string of the molecule is CC1(c2cc(-c3cncc(Cl)c3)ccc2F)CC(C(F)(F)F)OC(N)=N1. The summed E-state index contributed by atoms with van der Waals surface area (Å²) >= 11 is 5.91. The Labute approximate surface area is 151 Å². The van der Waals surface area contributed by atoms with E-state index in [0.29, 0.717) is 16.1 Å². The summed E-state index contributed by atoms with van der Waals surface area (Å²) < 4.78 is 58.4. The lowest BCUT2D eigenvalue weighted by atomic mass is 9.84. The molecule has 0 bridgehead atoms. The number of amidine groups is 1. The van der Waals surface area contributed by atoms with Crippen molar-refractivity contribution in [1.82, 2.24) is 4.98 Å². The molecule has 138 valence electrons. The molecule has 2 N–H and O–H groups in total. The maximum absolute atomic E-state index is 14.5. The fourth-order valence-electron chi connectivity index (χ4n) is 2.90. The normalized spacial score (nSPS) is 23.3. The zero-order valence-corrected chi connectivity index (χ0v) is 14.3. The second kappa shape index (κ2) is 6.42. The number of pyridine rings is 1. The Bertz CT molecular complexity index is 871. The van der Waals surface area contributed by atoms with Gasteiger partial charge in [0.05, 0.1) is 10.6 Å². The summed E-state index contributed by atoms with van der Waals surface area (Å²) in [6.07, 6.45) is -4.45. The Balaban J connectivity index is 2.08. The van der Waals surface area contributed by atoms with Crippen LogP contribution in [0.25, 0.3) is 11.1 Å². The summed E-state index contributed by atoms with van der Waals surface area (Å²) in [5.41, 5.74) is 5.02. The zero-order chi connectivity index (χ0) is 19.1. The highest BCUT2D eigenvalue weighted by atomic mass is 35.5. The van der Waals surface area contributed by atoms with E-state index in [4.69, 9.17) is 17.3 Å². The van der Waals surface area contributed by atoms with E-state index in [0.717, 1.165) is 0 Å². The summed E-state index contributed by atoms with van der Waals surface area (Å²) in [6.45, 7) is 1.39. The van der Waals surface area contributed by atoms with Gasteiger partial charge in [-0.05, 0) is 30.7 Å². The lowest BCUT2D eigenvalue weighted by molar-refractivity contribution is -0.208. The van der Waals surface area contributed by atoms with E-state index in [-0.39, 0.29) is 5.56 Å². The molecule has 3 rings (SSSR count). The van der Waals surface area contributed by atoms with Crippen LogP contribution < -0.4 is 5.73 Å². The molecular formula is C17H14ClF4N3O. The van der Waals surface area contributed by atoms with Gasteiger partial charge in [0, 0.05) is 29.9 Å². The first-order valence-corrected chi connectivity index (χ1v) is 7.96. The summed E-state index contributed by atoms with van der Waals surface area (Å²) in [4.78, 5) is 7.91. The largest absolute Gasteiger partial charge is 0.452 e. The Hall–Kier alpha value is -2.35. The highest BCUT2D eigenvalue weighted by Gasteiger charge is 2.50. The third kappa shape index (κ3) is 3.60. The van der Waals surface area contributed by atoms with Crippen LogP contribution in [-0.2, 0) is 10.3 Å². The van der Waals surface area contributed by atoms with Crippen LogP contribution in [0.2, 0.25) is 5.02 Å². The first kappa shape index (κ1) is 18.4. The van der Waals surface area contributed by atoms with Crippen molar-refractivity contribution in [2.45, 2.75) is 31.2 Å². The molecule has 0 saturated heterocycles. The number of hydrogen-bond acceptors (Lipinski definition) is 4. The van der Waals surface area contributed by atoms with Crippen molar-refractivity contribution in [2.75, 3.05) is 0 Å². The number of hydrogen-bond donors (Lipinski definition) is 1. The van der Waals surface area contributed by atoms with Crippen molar-refractivity contribution in [3.05, 3.63) is 53.1 Å². The first-order chi connectivity index (χ1) is 12.1. The third-order valence-corrected chi connectivity index (χ3v) is 4.36. The number of halogens is 5. The minimum Gasteiger partial charge on any atom is -0.452 e. The van der Waals surface area contributed by atoms with Gasteiger partial charge in [-0.2, -0.15) is 13.2 Å². The van der Waals surface area contributed by atoms with Gasteiger partial charge in [0.25, 0.3) is 6.02 Å². The molecule has 1 aliphatic heterocycles. The first-order valence-electron chi connectivity index (χ1n) is 7.58. The molecule has 26 heavy (non-hydrogen) atoms. The minimum atomic E-state index is -4.65. The van der Waals surface area contributed by atoms with Gasteiger partial charge in [0.15, 0.2) is 6.10 Å². The fraction of sp³-hybridized carbons (Fsp3) is 0.294. The van der Waals surface area contributed by atoms with Crippen LogP contribution in [-0.4, -0.2) is 23.3 Å². The lowest BCUT2D eigenvalue weighted by Crippen LogP contribution is -2.46. The van der Waals surface area contributed by atoms with Gasteiger partial charge in [0.2, 0.25) is 0 Å². The molecule has 0 fully saturated rings. The fourth-order valence-corrected chi connectivity index (χ4v) is 3.08. The van der Waals surface area contributed by atoms with Gasteiger partial charge in [-0.3, -0.25) is 4.98 Å². The van der Waals surface area contributed by atoms with E-state index in [1.807, 2.05) is 0 Å². The number of benzene rings is 1. The van der Waals surface area contributed by atoms with Gasteiger partial charge < -0.3 is 10.5 Å². The molecule has 4 nitrogen and oxygen atoms in total. The Morgan fingerprint density at radius 2 is 1.96 bits per heavy atom. The molecule has 1 aromatic heterocycles. The average molecular weight is 388 g/mol. The molecule has 0 radical (unpaired) electrons. The maximum Gasteiger partial charge on any atom is 0.425 e. The van der Waals surface area contributed by atoms with Gasteiger partial charge in [0.1, 0.15) is 5.82 Å². The van der Waals surface area contributed by atoms with Crippen LogP contribution in [0.3, 0.4) is 0 Å². The standard InChI is InChI=1S/C17H14ClF4N3O/c1-16(6-14(17(20,21)22)26-15(23)25-16)12-5-9(2-3-13(12)19)10-4-11(18)8-24-7-10/h2-5,7-8,14H,6H2,1H3,(H2,23,25).